The van der Waals surface area contributed by atoms with Gasteiger partial charge in [0, 0.05) is 11.3 Å². The molecule has 0 fully saturated rings. The quantitative estimate of drug-likeness (QED) is 0.392. The minimum atomic E-state index is -0.683. The number of furan rings is 1. The molecule has 5 rings (SSSR count). The Bertz CT molecular complexity index is 1440. The standard InChI is InChI=1S/C26H25N5O5/c1-15-21(25(32)28-17-10-5-6-11-18(17)33-2)22(16-9-7-12-19(34-3)23(16)35-4)31-26(27-15)29-24(30-31)20-13-8-14-36-20/h5-14,22H,1-4H3,(H,28,32)(H,27,29,30)/t22-/m1/s1. The van der Waals surface area contributed by atoms with Gasteiger partial charge in [-0.2, -0.15) is 4.98 Å². The minimum absolute atomic E-state index is 0.333. The molecule has 2 aromatic heterocycles. The average Bonchev–Trinajstić information content (AvgIpc) is 3.57. The highest BCUT2D eigenvalue weighted by molar-refractivity contribution is 6.06. The normalized spacial score (nSPS) is 14.6. The van der Waals surface area contributed by atoms with Crippen LogP contribution in [0, 0.1) is 0 Å². The maximum absolute atomic E-state index is 13.8. The molecule has 36 heavy (non-hydrogen) atoms. The first-order valence-corrected chi connectivity index (χ1v) is 11.2. The van der Waals surface area contributed by atoms with Crippen LogP contribution in [0.5, 0.6) is 17.2 Å². The van der Waals surface area contributed by atoms with E-state index in [0.717, 1.165) is 0 Å². The second kappa shape index (κ2) is 9.49. The van der Waals surface area contributed by atoms with Gasteiger partial charge in [0.2, 0.25) is 11.8 Å². The van der Waals surface area contributed by atoms with E-state index < -0.39 is 6.04 Å². The van der Waals surface area contributed by atoms with Crippen LogP contribution in [-0.4, -0.2) is 42.0 Å². The summed E-state index contributed by atoms with van der Waals surface area (Å²) in [5, 5.41) is 10.9. The molecular weight excluding hydrogens is 462 g/mol. The van der Waals surface area contributed by atoms with E-state index in [2.05, 4.69) is 15.6 Å². The lowest BCUT2D eigenvalue weighted by Crippen LogP contribution is -2.32. The Labute approximate surface area is 207 Å². The lowest BCUT2D eigenvalue weighted by molar-refractivity contribution is -0.113. The maximum Gasteiger partial charge on any atom is 0.255 e. The molecule has 10 nitrogen and oxygen atoms in total. The van der Waals surface area contributed by atoms with Crippen molar-refractivity contribution in [3.05, 3.63) is 77.7 Å². The number of fused-ring (bicyclic) bond motifs is 1. The fourth-order valence-electron chi connectivity index (χ4n) is 4.31. The number of nitrogens with one attached hydrogen (secondary N) is 2. The van der Waals surface area contributed by atoms with Gasteiger partial charge in [-0.25, -0.2) is 4.68 Å². The summed E-state index contributed by atoms with van der Waals surface area (Å²) in [5.41, 5.74) is 2.27. The zero-order valence-electron chi connectivity index (χ0n) is 20.2. The molecule has 4 aromatic rings. The van der Waals surface area contributed by atoms with Crippen molar-refractivity contribution in [2.45, 2.75) is 13.0 Å². The Kier molecular flexibility index (Phi) is 6.07. The van der Waals surface area contributed by atoms with Crippen molar-refractivity contribution in [2.24, 2.45) is 0 Å². The fraction of sp³-hybridized carbons (Fsp3) is 0.192. The highest BCUT2D eigenvalue weighted by Crippen LogP contribution is 2.43. The second-order valence-electron chi connectivity index (χ2n) is 7.98. The van der Waals surface area contributed by atoms with Gasteiger partial charge in [-0.3, -0.25) is 4.79 Å². The number of nitrogens with zero attached hydrogens (tertiary/aromatic N) is 3. The summed E-state index contributed by atoms with van der Waals surface area (Å²) in [6.07, 6.45) is 1.56. The molecule has 1 aliphatic rings. The Hall–Kier alpha value is -4.73. The van der Waals surface area contributed by atoms with E-state index in [1.54, 1.807) is 62.6 Å². The molecule has 0 radical (unpaired) electrons. The number of allylic oxidation sites excluding steroid dienone is 1. The number of aromatic nitrogens is 3. The summed E-state index contributed by atoms with van der Waals surface area (Å²) < 4.78 is 23.8. The van der Waals surface area contributed by atoms with Crippen LogP contribution in [0.3, 0.4) is 0 Å². The van der Waals surface area contributed by atoms with Gasteiger partial charge in [-0.1, -0.05) is 24.3 Å². The lowest BCUT2D eigenvalue weighted by atomic mass is 9.94. The van der Waals surface area contributed by atoms with Crippen molar-refractivity contribution in [1.82, 2.24) is 14.8 Å². The number of methoxy groups -OCH3 is 3. The van der Waals surface area contributed by atoms with Crippen LogP contribution < -0.4 is 24.8 Å². The number of hydrogen-bond donors (Lipinski definition) is 2. The number of ether oxygens (including phenoxy) is 3. The smallest absolute Gasteiger partial charge is 0.255 e. The first kappa shape index (κ1) is 23.0. The molecule has 2 N–H and O–H groups in total. The fourth-order valence-corrected chi connectivity index (χ4v) is 4.31. The Morgan fingerprint density at radius 1 is 1.00 bits per heavy atom. The number of anilines is 2. The Morgan fingerprint density at radius 3 is 2.50 bits per heavy atom. The van der Waals surface area contributed by atoms with Crippen LogP contribution in [0.15, 0.2) is 76.5 Å². The van der Waals surface area contributed by atoms with Crippen LogP contribution in [0.2, 0.25) is 0 Å². The van der Waals surface area contributed by atoms with Crippen molar-refractivity contribution in [3.63, 3.8) is 0 Å². The van der Waals surface area contributed by atoms with Crippen molar-refractivity contribution < 1.29 is 23.4 Å². The summed E-state index contributed by atoms with van der Waals surface area (Å²) in [5.74, 6) is 2.58. The third-order valence-corrected chi connectivity index (χ3v) is 5.92. The average molecular weight is 488 g/mol. The van der Waals surface area contributed by atoms with E-state index >= 15 is 0 Å². The third kappa shape index (κ3) is 3.92. The molecule has 1 aliphatic heterocycles. The largest absolute Gasteiger partial charge is 0.495 e. The number of benzene rings is 2. The first-order chi connectivity index (χ1) is 17.5. The molecule has 0 saturated carbocycles. The van der Waals surface area contributed by atoms with Gasteiger partial charge in [0.05, 0.1) is 38.9 Å². The van der Waals surface area contributed by atoms with Crippen molar-refractivity contribution in [3.8, 4) is 28.8 Å². The number of hydrogen-bond acceptors (Lipinski definition) is 8. The number of carbonyl (C=O) groups excluding carboxylic acids is 1. The van der Waals surface area contributed by atoms with Crippen molar-refractivity contribution in [1.29, 1.82) is 0 Å². The number of para-hydroxylation sites is 3. The van der Waals surface area contributed by atoms with Gasteiger partial charge in [0.15, 0.2) is 17.3 Å². The van der Waals surface area contributed by atoms with E-state index in [9.17, 15) is 4.79 Å². The number of carbonyl (C=O) groups is 1. The highest BCUT2D eigenvalue weighted by atomic mass is 16.5. The molecule has 0 unspecified atom stereocenters. The SMILES string of the molecule is COc1ccccc1NC(=O)C1=C(C)Nc2nc(-c3ccco3)nn2[C@@H]1c1cccc(OC)c1OC. The molecule has 0 aliphatic carbocycles. The van der Waals surface area contributed by atoms with Crippen molar-refractivity contribution in [2.75, 3.05) is 32.0 Å². The molecule has 0 saturated heterocycles. The topological polar surface area (TPSA) is 113 Å². The van der Waals surface area contributed by atoms with Gasteiger partial charge in [-0.05, 0) is 37.3 Å². The van der Waals surface area contributed by atoms with Gasteiger partial charge in [0.25, 0.3) is 5.91 Å². The molecule has 1 amide bonds. The summed E-state index contributed by atoms with van der Waals surface area (Å²) in [4.78, 5) is 18.4. The summed E-state index contributed by atoms with van der Waals surface area (Å²) >= 11 is 0. The lowest BCUT2D eigenvalue weighted by Gasteiger charge is -2.30. The summed E-state index contributed by atoms with van der Waals surface area (Å²) in [6.45, 7) is 1.82. The zero-order chi connectivity index (χ0) is 25.2. The number of rotatable bonds is 7. The molecule has 184 valence electrons. The van der Waals surface area contributed by atoms with Crippen molar-refractivity contribution >= 4 is 17.5 Å². The molecule has 2 aromatic carbocycles. The van der Waals surface area contributed by atoms with E-state index in [0.29, 0.717) is 57.3 Å². The molecule has 3 heterocycles. The Morgan fingerprint density at radius 2 is 1.78 bits per heavy atom. The summed E-state index contributed by atoms with van der Waals surface area (Å²) in [6, 6.07) is 15.6. The van der Waals surface area contributed by atoms with Crippen LogP contribution in [0.25, 0.3) is 11.6 Å². The van der Waals surface area contributed by atoms with Crippen LogP contribution in [0.1, 0.15) is 18.5 Å². The van der Waals surface area contributed by atoms with E-state index in [4.69, 9.17) is 23.7 Å². The van der Waals surface area contributed by atoms with Crippen LogP contribution in [0.4, 0.5) is 11.6 Å². The molecule has 1 atom stereocenters. The molecule has 0 spiro atoms. The minimum Gasteiger partial charge on any atom is -0.495 e. The van der Waals surface area contributed by atoms with E-state index in [-0.39, 0.29) is 5.91 Å². The van der Waals surface area contributed by atoms with Gasteiger partial charge in [-0.15, -0.1) is 5.10 Å². The zero-order valence-corrected chi connectivity index (χ0v) is 20.2. The van der Waals surface area contributed by atoms with E-state index in [1.807, 2.05) is 31.2 Å². The first-order valence-electron chi connectivity index (χ1n) is 11.2. The van der Waals surface area contributed by atoms with Gasteiger partial charge < -0.3 is 29.3 Å². The molecule has 10 heteroatoms. The highest BCUT2D eigenvalue weighted by Gasteiger charge is 2.37. The Balaban J connectivity index is 1.66. The number of amides is 1. The van der Waals surface area contributed by atoms with Crippen LogP contribution in [-0.2, 0) is 4.79 Å². The maximum atomic E-state index is 13.8. The van der Waals surface area contributed by atoms with Gasteiger partial charge in [0.1, 0.15) is 11.8 Å². The monoisotopic (exact) mass is 487 g/mol. The summed E-state index contributed by atoms with van der Waals surface area (Å²) in [7, 11) is 4.68. The van der Waals surface area contributed by atoms with Crippen LogP contribution >= 0.6 is 0 Å². The second-order valence-corrected chi connectivity index (χ2v) is 7.98. The predicted molar refractivity (Wildman–Crippen MR) is 133 cm³/mol. The van der Waals surface area contributed by atoms with Gasteiger partial charge >= 0.3 is 0 Å². The molecular formula is C26H25N5O5. The predicted octanol–water partition coefficient (Wildman–Crippen LogP) is 4.49. The molecule has 0 bridgehead atoms. The van der Waals surface area contributed by atoms with E-state index in [1.165, 1.54) is 0 Å². The third-order valence-electron chi connectivity index (χ3n) is 5.92.